The highest BCUT2D eigenvalue weighted by Crippen LogP contribution is 2.23. The highest BCUT2D eigenvalue weighted by Gasteiger charge is 2.24. The van der Waals surface area contributed by atoms with Gasteiger partial charge in [-0.15, -0.1) is 0 Å². The summed E-state index contributed by atoms with van der Waals surface area (Å²) in [5, 5.41) is 8.69. The average molecular weight is 452 g/mol. The Balaban J connectivity index is 1.58. The molecular formula is C25H29N3O5. The molecule has 0 saturated carbocycles. The monoisotopic (exact) mass is 451 g/mol. The fraction of sp³-hybridized carbons (Fsp3) is 0.360. The van der Waals surface area contributed by atoms with Crippen LogP contribution in [0.1, 0.15) is 49.8 Å². The molecule has 3 rings (SSSR count). The molecule has 1 atom stereocenters. The van der Waals surface area contributed by atoms with Crippen molar-refractivity contribution in [2.75, 3.05) is 20.3 Å². The van der Waals surface area contributed by atoms with Crippen LogP contribution in [0.25, 0.3) is 0 Å². The Hall–Kier alpha value is -3.68. The van der Waals surface area contributed by atoms with Crippen molar-refractivity contribution in [3.8, 4) is 5.75 Å². The quantitative estimate of drug-likeness (QED) is 0.560. The molecule has 8 heteroatoms. The van der Waals surface area contributed by atoms with E-state index < -0.39 is 12.0 Å². The second kappa shape index (κ2) is 11.8. The molecule has 1 N–H and O–H groups in total. The van der Waals surface area contributed by atoms with E-state index in [1.54, 1.807) is 32.2 Å². The molecule has 174 valence electrons. The molecule has 0 bridgehead atoms. The van der Waals surface area contributed by atoms with Gasteiger partial charge in [-0.1, -0.05) is 42.5 Å². The van der Waals surface area contributed by atoms with Crippen molar-refractivity contribution < 1.29 is 23.9 Å². The first-order chi connectivity index (χ1) is 16.0. The Kier molecular flexibility index (Phi) is 8.57. The van der Waals surface area contributed by atoms with Gasteiger partial charge in [0, 0.05) is 19.3 Å². The van der Waals surface area contributed by atoms with Crippen molar-refractivity contribution >= 4 is 23.5 Å². The van der Waals surface area contributed by atoms with Crippen LogP contribution in [0.15, 0.2) is 59.7 Å². The van der Waals surface area contributed by atoms with Crippen LogP contribution in [-0.4, -0.2) is 48.8 Å². The van der Waals surface area contributed by atoms with Crippen LogP contribution in [0.5, 0.6) is 5.75 Å². The van der Waals surface area contributed by atoms with E-state index in [2.05, 4.69) is 10.4 Å². The number of esters is 1. The molecule has 2 aromatic rings. The van der Waals surface area contributed by atoms with Crippen LogP contribution in [0.2, 0.25) is 0 Å². The summed E-state index contributed by atoms with van der Waals surface area (Å²) in [5.41, 5.74) is 2.57. The van der Waals surface area contributed by atoms with E-state index >= 15 is 0 Å². The van der Waals surface area contributed by atoms with E-state index in [1.807, 2.05) is 36.4 Å². The smallest absolute Gasteiger partial charge is 0.308 e. The maximum atomic E-state index is 12.6. The summed E-state index contributed by atoms with van der Waals surface area (Å²) in [6.45, 7) is 2.49. The third-order valence-corrected chi connectivity index (χ3v) is 5.27. The van der Waals surface area contributed by atoms with Gasteiger partial charge < -0.3 is 14.8 Å². The number of methoxy groups -OCH3 is 1. The first kappa shape index (κ1) is 24.0. The molecular weight excluding hydrogens is 422 g/mol. The zero-order valence-electron chi connectivity index (χ0n) is 19.0. The van der Waals surface area contributed by atoms with Gasteiger partial charge in [0.05, 0.1) is 38.4 Å². The maximum absolute atomic E-state index is 12.6. The molecule has 0 aromatic heterocycles. The first-order valence-electron chi connectivity index (χ1n) is 11.0. The second-order valence-corrected chi connectivity index (χ2v) is 7.59. The zero-order valence-corrected chi connectivity index (χ0v) is 19.0. The molecule has 1 heterocycles. The summed E-state index contributed by atoms with van der Waals surface area (Å²) >= 11 is 0. The van der Waals surface area contributed by atoms with Crippen LogP contribution in [0.4, 0.5) is 0 Å². The third kappa shape index (κ3) is 6.90. The number of rotatable bonds is 10. The Bertz CT molecular complexity index is 1010. The summed E-state index contributed by atoms with van der Waals surface area (Å²) in [4.78, 5) is 37.3. The number of ether oxygens (including phenoxy) is 2. The third-order valence-electron chi connectivity index (χ3n) is 5.27. The second-order valence-electron chi connectivity index (χ2n) is 7.59. The highest BCUT2D eigenvalue weighted by atomic mass is 16.5. The molecule has 0 fully saturated rings. The molecule has 1 aliphatic heterocycles. The molecule has 33 heavy (non-hydrogen) atoms. The van der Waals surface area contributed by atoms with Gasteiger partial charge >= 0.3 is 5.97 Å². The summed E-state index contributed by atoms with van der Waals surface area (Å²) in [7, 11) is 1.55. The normalized spacial score (nSPS) is 13.8. The van der Waals surface area contributed by atoms with Gasteiger partial charge in [-0.05, 0) is 30.2 Å². The zero-order chi connectivity index (χ0) is 23.6. The maximum Gasteiger partial charge on any atom is 0.308 e. The number of carbonyl (C=O) groups is 3. The minimum absolute atomic E-state index is 0.00514. The van der Waals surface area contributed by atoms with Gasteiger partial charge in [0.25, 0.3) is 0 Å². The molecule has 1 unspecified atom stereocenters. The van der Waals surface area contributed by atoms with Gasteiger partial charge in [-0.25, -0.2) is 5.01 Å². The van der Waals surface area contributed by atoms with E-state index in [0.717, 1.165) is 16.8 Å². The first-order valence-corrected chi connectivity index (χ1v) is 11.0. The molecule has 0 aliphatic carbocycles. The van der Waals surface area contributed by atoms with Crippen LogP contribution < -0.4 is 10.1 Å². The van der Waals surface area contributed by atoms with Gasteiger partial charge in [-0.2, -0.15) is 5.10 Å². The summed E-state index contributed by atoms with van der Waals surface area (Å²) in [5.74, 6) is -0.334. The minimum Gasteiger partial charge on any atom is -0.497 e. The van der Waals surface area contributed by atoms with E-state index in [4.69, 9.17) is 9.47 Å². The number of nitrogens with zero attached hydrogens (tertiary/aromatic N) is 2. The van der Waals surface area contributed by atoms with E-state index in [0.29, 0.717) is 18.7 Å². The number of benzene rings is 2. The number of amides is 2. The lowest BCUT2D eigenvalue weighted by Gasteiger charge is -2.19. The highest BCUT2D eigenvalue weighted by molar-refractivity contribution is 6.02. The number of hydrazone groups is 1. The largest absolute Gasteiger partial charge is 0.497 e. The Labute approximate surface area is 193 Å². The minimum atomic E-state index is -0.587. The molecule has 8 nitrogen and oxygen atoms in total. The van der Waals surface area contributed by atoms with Crippen molar-refractivity contribution in [2.45, 2.75) is 38.6 Å². The number of nitrogens with one attached hydrogen (secondary N) is 1. The van der Waals surface area contributed by atoms with Crippen LogP contribution in [-0.2, 0) is 19.1 Å². The summed E-state index contributed by atoms with van der Waals surface area (Å²) in [6, 6.07) is 16.3. The lowest BCUT2D eigenvalue weighted by atomic mass is 10.0. The Morgan fingerprint density at radius 1 is 1.09 bits per heavy atom. The van der Waals surface area contributed by atoms with Gasteiger partial charge in [-0.3, -0.25) is 14.4 Å². The Morgan fingerprint density at radius 3 is 2.61 bits per heavy atom. The predicted molar refractivity (Wildman–Crippen MR) is 124 cm³/mol. The molecule has 2 amide bonds. The van der Waals surface area contributed by atoms with Crippen LogP contribution >= 0.6 is 0 Å². The van der Waals surface area contributed by atoms with Gasteiger partial charge in [0.15, 0.2) is 0 Å². The van der Waals surface area contributed by atoms with Crippen molar-refractivity contribution in [2.24, 2.45) is 5.10 Å². The van der Waals surface area contributed by atoms with Crippen molar-refractivity contribution in [3.63, 3.8) is 0 Å². The van der Waals surface area contributed by atoms with Gasteiger partial charge in [0.1, 0.15) is 5.75 Å². The average Bonchev–Trinajstić information content (AvgIpc) is 3.33. The molecule has 1 aliphatic rings. The topological polar surface area (TPSA) is 97.3 Å². The van der Waals surface area contributed by atoms with E-state index in [9.17, 15) is 14.4 Å². The predicted octanol–water partition coefficient (Wildman–Crippen LogP) is 3.22. The SMILES string of the molecule is CCOC(=O)CC(NC(=O)CCC(=O)N1CCC(c2ccccc2)=N1)c1cccc(OC)c1. The lowest BCUT2D eigenvalue weighted by Crippen LogP contribution is -2.32. The fourth-order valence-electron chi connectivity index (χ4n) is 3.58. The van der Waals surface area contributed by atoms with E-state index in [-0.39, 0.29) is 37.7 Å². The number of hydrogen-bond acceptors (Lipinski definition) is 6. The van der Waals surface area contributed by atoms with Crippen molar-refractivity contribution in [1.29, 1.82) is 0 Å². The van der Waals surface area contributed by atoms with Crippen molar-refractivity contribution in [1.82, 2.24) is 10.3 Å². The number of carbonyl (C=O) groups excluding carboxylic acids is 3. The molecule has 0 spiro atoms. The molecule has 0 saturated heterocycles. The molecule has 0 radical (unpaired) electrons. The Morgan fingerprint density at radius 2 is 1.88 bits per heavy atom. The van der Waals surface area contributed by atoms with E-state index in [1.165, 1.54) is 5.01 Å². The summed E-state index contributed by atoms with van der Waals surface area (Å²) in [6.07, 6.45) is 0.688. The van der Waals surface area contributed by atoms with Crippen molar-refractivity contribution in [3.05, 3.63) is 65.7 Å². The fourth-order valence-corrected chi connectivity index (χ4v) is 3.58. The van der Waals surface area contributed by atoms with Gasteiger partial charge in [0.2, 0.25) is 11.8 Å². The van der Waals surface area contributed by atoms with Crippen LogP contribution in [0.3, 0.4) is 0 Å². The lowest BCUT2D eigenvalue weighted by molar-refractivity contribution is -0.144. The standard InChI is InChI=1S/C25H29N3O5/c1-3-33-25(31)17-22(19-10-7-11-20(16-19)32-2)26-23(29)12-13-24(30)28-15-14-21(27-28)18-8-5-4-6-9-18/h4-11,16,22H,3,12-15,17H2,1-2H3,(H,26,29). The molecule has 2 aromatic carbocycles. The summed E-state index contributed by atoms with van der Waals surface area (Å²) < 4.78 is 10.3. The number of hydrogen-bond donors (Lipinski definition) is 1. The van der Waals surface area contributed by atoms with Crippen LogP contribution in [0, 0.1) is 0 Å².